The van der Waals surface area contributed by atoms with Gasteiger partial charge >= 0.3 is 18.2 Å². The number of hydrogen-bond acceptors (Lipinski definition) is 8. The maximum atomic E-state index is 13.2. The van der Waals surface area contributed by atoms with Gasteiger partial charge in [-0.05, 0) is 67.7 Å². The lowest BCUT2D eigenvalue weighted by Crippen LogP contribution is -2.41. The first kappa shape index (κ1) is 30.8. The summed E-state index contributed by atoms with van der Waals surface area (Å²) in [6, 6.07) is 26.6. The zero-order valence-electron chi connectivity index (χ0n) is 25.0. The molecule has 2 aromatic heterocycles. The number of carbonyl (C=O) groups is 3. The number of imide groups is 1. The first-order valence-electron chi connectivity index (χ1n) is 14.5. The van der Waals surface area contributed by atoms with Crippen LogP contribution in [0.4, 0.5) is 20.2 Å². The number of nitrogens with zero attached hydrogens (tertiary/aromatic N) is 4. The molecule has 3 aromatic carbocycles. The molecule has 0 atom stereocenters. The van der Waals surface area contributed by atoms with Crippen LogP contribution in [-0.4, -0.2) is 58.8 Å². The maximum Gasteiger partial charge on any atom is 0.430 e. The second kappa shape index (κ2) is 14.7. The van der Waals surface area contributed by atoms with Crippen molar-refractivity contribution in [3.63, 3.8) is 0 Å². The van der Waals surface area contributed by atoms with E-state index in [1.165, 1.54) is 12.3 Å². The summed E-state index contributed by atoms with van der Waals surface area (Å²) in [6.45, 7) is 7.35. The fraction of sp³-hybridized carbons (Fsp3) is 0.176. The van der Waals surface area contributed by atoms with E-state index < -0.39 is 12.2 Å². The molecule has 5 aromatic rings. The Hall–Kier alpha value is -5.68. The van der Waals surface area contributed by atoms with Gasteiger partial charge < -0.3 is 24.4 Å². The van der Waals surface area contributed by atoms with Crippen LogP contribution in [-0.2, 0) is 0 Å². The van der Waals surface area contributed by atoms with Gasteiger partial charge in [0, 0.05) is 36.9 Å². The number of nitrogens with one attached hydrogen (secondary N) is 1. The minimum absolute atomic E-state index is 0.0667. The molecule has 0 unspecified atom stereocenters. The largest absolute Gasteiger partial charge is 0.457 e. The molecule has 3 amide bonds. The minimum Gasteiger partial charge on any atom is -0.457 e. The molecule has 0 aliphatic heterocycles. The Labute approximate surface area is 260 Å². The SMILES string of the molecule is CCN(CC)CCNC(=O)n1ccc2cc(Oc3ccnc(N(C(=O)Oc4ccccc4)C(=O)Oc4ccccc4)c3)ccc21. The molecule has 0 aliphatic carbocycles. The van der Waals surface area contributed by atoms with Gasteiger partial charge in [0.2, 0.25) is 0 Å². The molecular formula is C34H33N5O6. The highest BCUT2D eigenvalue weighted by Crippen LogP contribution is 2.29. The van der Waals surface area contributed by atoms with E-state index in [9.17, 15) is 14.4 Å². The van der Waals surface area contributed by atoms with Gasteiger partial charge in [0.1, 0.15) is 23.0 Å². The van der Waals surface area contributed by atoms with Crippen molar-refractivity contribution in [2.75, 3.05) is 31.1 Å². The van der Waals surface area contributed by atoms with Crippen molar-refractivity contribution in [1.29, 1.82) is 0 Å². The lowest BCUT2D eigenvalue weighted by molar-refractivity contribution is 0.190. The van der Waals surface area contributed by atoms with E-state index in [4.69, 9.17) is 14.2 Å². The van der Waals surface area contributed by atoms with Crippen LogP contribution in [0.2, 0.25) is 0 Å². The summed E-state index contributed by atoms with van der Waals surface area (Å²) < 4.78 is 18.5. The predicted molar refractivity (Wildman–Crippen MR) is 170 cm³/mol. The minimum atomic E-state index is -1.01. The zero-order chi connectivity index (χ0) is 31.6. The molecule has 45 heavy (non-hydrogen) atoms. The Bertz CT molecular complexity index is 1700. The molecule has 0 fully saturated rings. The molecule has 0 saturated carbocycles. The van der Waals surface area contributed by atoms with Gasteiger partial charge in [-0.3, -0.25) is 4.57 Å². The molecule has 11 nitrogen and oxygen atoms in total. The van der Waals surface area contributed by atoms with Crippen LogP contribution < -0.4 is 24.4 Å². The molecule has 0 saturated heterocycles. The van der Waals surface area contributed by atoms with Crippen LogP contribution in [0.1, 0.15) is 13.8 Å². The normalized spacial score (nSPS) is 10.8. The summed E-state index contributed by atoms with van der Waals surface area (Å²) >= 11 is 0. The average Bonchev–Trinajstić information content (AvgIpc) is 3.48. The smallest absolute Gasteiger partial charge is 0.430 e. The van der Waals surface area contributed by atoms with E-state index in [0.717, 1.165) is 30.5 Å². The molecule has 1 N–H and O–H groups in total. The van der Waals surface area contributed by atoms with Crippen molar-refractivity contribution in [3.05, 3.63) is 109 Å². The zero-order valence-corrected chi connectivity index (χ0v) is 25.0. The number of amides is 3. The van der Waals surface area contributed by atoms with Crippen molar-refractivity contribution in [2.45, 2.75) is 13.8 Å². The third-order valence-electron chi connectivity index (χ3n) is 6.92. The Balaban J connectivity index is 1.33. The van der Waals surface area contributed by atoms with Crippen LogP contribution in [0, 0.1) is 0 Å². The number of likely N-dealkylation sites (N-methyl/N-ethyl adjacent to an activating group) is 1. The fourth-order valence-corrected chi connectivity index (χ4v) is 4.56. The Morgan fingerprint density at radius 1 is 0.756 bits per heavy atom. The van der Waals surface area contributed by atoms with Gasteiger partial charge in [-0.25, -0.2) is 19.4 Å². The summed E-state index contributed by atoms with van der Waals surface area (Å²) in [5.74, 6) is 1.20. The van der Waals surface area contributed by atoms with Gasteiger partial charge in [0.25, 0.3) is 0 Å². The van der Waals surface area contributed by atoms with Crippen LogP contribution in [0.15, 0.2) is 109 Å². The second-order valence-electron chi connectivity index (χ2n) is 9.81. The van der Waals surface area contributed by atoms with Crippen LogP contribution in [0.3, 0.4) is 0 Å². The number of ether oxygens (including phenoxy) is 3. The average molecular weight is 608 g/mol. The molecule has 0 aliphatic rings. The van der Waals surface area contributed by atoms with Gasteiger partial charge in [-0.2, -0.15) is 4.90 Å². The fourth-order valence-electron chi connectivity index (χ4n) is 4.56. The first-order valence-corrected chi connectivity index (χ1v) is 14.5. The standard InChI is InChI=1S/C34H33N5O6/c1-3-37(4-2)22-20-36-32(40)38-21-18-25-23-28(15-16-30(25)38)43-29-17-19-35-31(24-29)39(33(41)44-26-11-7-5-8-12-26)34(42)45-27-13-9-6-10-14-27/h5-19,21,23-24H,3-4,20,22H2,1-2H3,(H,36,40). The number of hydrogen-bond donors (Lipinski definition) is 1. The summed E-state index contributed by atoms with van der Waals surface area (Å²) in [4.78, 5) is 46.4. The molecule has 0 bridgehead atoms. The molecule has 11 heteroatoms. The van der Waals surface area contributed by atoms with E-state index >= 15 is 0 Å². The van der Waals surface area contributed by atoms with Crippen LogP contribution in [0.25, 0.3) is 10.9 Å². The highest BCUT2D eigenvalue weighted by Gasteiger charge is 2.29. The summed E-state index contributed by atoms with van der Waals surface area (Å²) in [5.41, 5.74) is 0.719. The van der Waals surface area contributed by atoms with E-state index in [0.29, 0.717) is 22.9 Å². The van der Waals surface area contributed by atoms with E-state index in [2.05, 4.69) is 29.0 Å². The number of rotatable bonds is 10. The first-order chi connectivity index (χ1) is 21.9. The highest BCUT2D eigenvalue weighted by atomic mass is 16.6. The molecule has 0 radical (unpaired) electrons. The Morgan fingerprint density at radius 2 is 1.38 bits per heavy atom. The van der Waals surface area contributed by atoms with Gasteiger partial charge in [0.15, 0.2) is 5.82 Å². The summed E-state index contributed by atoms with van der Waals surface area (Å²) in [7, 11) is 0. The third-order valence-corrected chi connectivity index (χ3v) is 6.92. The lowest BCUT2D eigenvalue weighted by Gasteiger charge is -2.19. The third kappa shape index (κ3) is 7.84. The summed E-state index contributed by atoms with van der Waals surface area (Å²) in [6.07, 6.45) is 1.09. The van der Waals surface area contributed by atoms with Crippen molar-refractivity contribution in [3.8, 4) is 23.0 Å². The van der Waals surface area contributed by atoms with Gasteiger partial charge in [-0.15, -0.1) is 0 Å². The number of pyridine rings is 1. The molecule has 2 heterocycles. The molecule has 230 valence electrons. The lowest BCUT2D eigenvalue weighted by atomic mass is 10.2. The number of benzene rings is 3. The number of carbonyl (C=O) groups excluding carboxylic acids is 3. The van der Waals surface area contributed by atoms with Crippen molar-refractivity contribution < 1.29 is 28.6 Å². The van der Waals surface area contributed by atoms with Crippen LogP contribution >= 0.6 is 0 Å². The topological polar surface area (TPSA) is 115 Å². The molecule has 0 spiro atoms. The van der Waals surface area contributed by atoms with Gasteiger partial charge in [0.05, 0.1) is 5.52 Å². The highest BCUT2D eigenvalue weighted by molar-refractivity contribution is 6.09. The molecular weight excluding hydrogens is 574 g/mol. The maximum absolute atomic E-state index is 13.2. The van der Waals surface area contributed by atoms with E-state index in [-0.39, 0.29) is 23.3 Å². The Kier molecular flexibility index (Phi) is 10.0. The monoisotopic (exact) mass is 607 g/mol. The van der Waals surface area contributed by atoms with Crippen molar-refractivity contribution in [2.24, 2.45) is 0 Å². The van der Waals surface area contributed by atoms with E-state index in [1.54, 1.807) is 95.7 Å². The van der Waals surface area contributed by atoms with E-state index in [1.807, 2.05) is 6.07 Å². The number of anilines is 1. The Morgan fingerprint density at radius 3 is 2.00 bits per heavy atom. The quantitative estimate of drug-likeness (QED) is 0.182. The van der Waals surface area contributed by atoms with Crippen molar-refractivity contribution in [1.82, 2.24) is 19.8 Å². The van der Waals surface area contributed by atoms with Gasteiger partial charge in [-0.1, -0.05) is 50.2 Å². The summed E-state index contributed by atoms with van der Waals surface area (Å²) in [5, 5.41) is 3.75. The molecule has 5 rings (SSSR count). The van der Waals surface area contributed by atoms with Crippen LogP contribution in [0.5, 0.6) is 23.0 Å². The predicted octanol–water partition coefficient (Wildman–Crippen LogP) is 6.93. The van der Waals surface area contributed by atoms with Crippen molar-refractivity contribution >= 4 is 34.9 Å². The number of aromatic nitrogens is 2. The number of para-hydroxylation sites is 2. The second-order valence-corrected chi connectivity index (χ2v) is 9.81. The number of fused-ring (bicyclic) bond motifs is 1.